The minimum atomic E-state index is 0.0552. The van der Waals surface area contributed by atoms with Crippen molar-refractivity contribution in [1.82, 2.24) is 0 Å². The predicted molar refractivity (Wildman–Crippen MR) is 50.4 cm³/mol. The largest absolute Gasteiger partial charge is 0.294 e. The molecule has 0 fully saturated rings. The van der Waals surface area contributed by atoms with Gasteiger partial charge in [0.1, 0.15) is 0 Å². The molecule has 0 aromatic heterocycles. The topological polar surface area (TPSA) is 40.9 Å². The summed E-state index contributed by atoms with van der Waals surface area (Å²) in [5.41, 5.74) is 1.02. The van der Waals surface area contributed by atoms with Crippen molar-refractivity contribution in [3.05, 3.63) is 35.4 Å². The number of hydrogen-bond acceptors (Lipinski definition) is 2. The van der Waals surface area contributed by atoms with Gasteiger partial charge in [0.05, 0.1) is 11.6 Å². The molecular weight excluding hydrogens is 162 g/mol. The van der Waals surface area contributed by atoms with Crippen molar-refractivity contribution in [2.24, 2.45) is 0 Å². The van der Waals surface area contributed by atoms with Crippen LogP contribution in [0.2, 0.25) is 0 Å². The van der Waals surface area contributed by atoms with E-state index in [0.717, 1.165) is 6.42 Å². The van der Waals surface area contributed by atoms with Crippen molar-refractivity contribution in [1.29, 1.82) is 5.26 Å². The molecule has 0 saturated heterocycles. The van der Waals surface area contributed by atoms with E-state index in [9.17, 15) is 4.79 Å². The van der Waals surface area contributed by atoms with Gasteiger partial charge in [0.25, 0.3) is 0 Å². The number of carbonyl (C=O) groups excluding carboxylic acids is 1. The van der Waals surface area contributed by atoms with Gasteiger partial charge in [0.15, 0.2) is 5.78 Å². The van der Waals surface area contributed by atoms with Crippen LogP contribution in [-0.4, -0.2) is 5.78 Å². The Morgan fingerprint density at radius 3 is 2.77 bits per heavy atom. The van der Waals surface area contributed by atoms with Crippen LogP contribution in [0.25, 0.3) is 0 Å². The molecule has 0 aliphatic heterocycles. The molecule has 0 radical (unpaired) electrons. The molecule has 66 valence electrons. The second kappa shape index (κ2) is 4.42. The molecule has 0 heterocycles. The van der Waals surface area contributed by atoms with Gasteiger partial charge >= 0.3 is 0 Å². The molecule has 0 bridgehead atoms. The first-order valence-corrected chi connectivity index (χ1v) is 4.32. The lowest BCUT2D eigenvalue weighted by molar-refractivity contribution is 0.0981. The minimum Gasteiger partial charge on any atom is -0.294 e. The molecule has 0 amide bonds. The summed E-state index contributed by atoms with van der Waals surface area (Å²) in [7, 11) is 0. The van der Waals surface area contributed by atoms with Crippen LogP contribution in [-0.2, 0) is 0 Å². The van der Waals surface area contributed by atoms with E-state index in [2.05, 4.69) is 0 Å². The molecule has 0 saturated carbocycles. The minimum absolute atomic E-state index is 0.0552. The number of Topliss-reactive ketones (excluding diaryl/α,β-unsaturated/α-hetero) is 1. The van der Waals surface area contributed by atoms with Gasteiger partial charge in [-0.15, -0.1) is 0 Å². The summed E-state index contributed by atoms with van der Waals surface area (Å²) in [5.74, 6) is 0.0552. The van der Waals surface area contributed by atoms with Crippen LogP contribution >= 0.6 is 0 Å². The molecule has 0 aliphatic carbocycles. The van der Waals surface area contributed by atoms with E-state index in [4.69, 9.17) is 5.26 Å². The average molecular weight is 173 g/mol. The Bertz CT molecular complexity index is 349. The molecule has 2 heteroatoms. The number of nitriles is 1. The standard InChI is InChI=1S/C11H11NO/c1-2-5-11(13)10-7-4-3-6-9(10)8-12/h3-4,6-7H,2,5H2,1H3. The second-order valence-corrected chi connectivity index (χ2v) is 2.83. The summed E-state index contributed by atoms with van der Waals surface area (Å²) in [6.45, 7) is 1.95. The maximum atomic E-state index is 11.5. The first kappa shape index (κ1) is 9.47. The number of nitrogens with zero attached hydrogens (tertiary/aromatic N) is 1. The summed E-state index contributed by atoms with van der Waals surface area (Å²) >= 11 is 0. The SMILES string of the molecule is CCCC(=O)c1ccccc1C#N. The lowest BCUT2D eigenvalue weighted by Gasteiger charge is -2.00. The summed E-state index contributed by atoms with van der Waals surface area (Å²) in [4.78, 5) is 11.5. The third-order valence-electron chi connectivity index (χ3n) is 1.82. The monoisotopic (exact) mass is 173 g/mol. The first-order chi connectivity index (χ1) is 6.29. The Balaban J connectivity index is 3.01. The second-order valence-electron chi connectivity index (χ2n) is 2.83. The van der Waals surface area contributed by atoms with Crippen LogP contribution in [0.4, 0.5) is 0 Å². The predicted octanol–water partition coefficient (Wildman–Crippen LogP) is 2.54. The molecule has 13 heavy (non-hydrogen) atoms. The zero-order valence-corrected chi connectivity index (χ0v) is 7.58. The Kier molecular flexibility index (Phi) is 3.22. The zero-order chi connectivity index (χ0) is 9.68. The quantitative estimate of drug-likeness (QED) is 0.659. The van der Waals surface area contributed by atoms with E-state index < -0.39 is 0 Å². The van der Waals surface area contributed by atoms with Crippen LogP contribution in [0, 0.1) is 11.3 Å². The highest BCUT2D eigenvalue weighted by molar-refractivity contribution is 5.98. The summed E-state index contributed by atoms with van der Waals surface area (Å²) in [6.07, 6.45) is 1.33. The number of rotatable bonds is 3. The number of ketones is 1. The number of carbonyl (C=O) groups is 1. The van der Waals surface area contributed by atoms with Crippen molar-refractivity contribution in [3.8, 4) is 6.07 Å². The highest BCUT2D eigenvalue weighted by atomic mass is 16.1. The van der Waals surface area contributed by atoms with Crippen LogP contribution in [0.1, 0.15) is 35.7 Å². The molecule has 1 aromatic rings. The van der Waals surface area contributed by atoms with E-state index >= 15 is 0 Å². The van der Waals surface area contributed by atoms with Gasteiger partial charge in [-0.25, -0.2) is 0 Å². The average Bonchev–Trinajstić information content (AvgIpc) is 2.18. The van der Waals surface area contributed by atoms with Crippen molar-refractivity contribution >= 4 is 5.78 Å². The fourth-order valence-electron chi connectivity index (χ4n) is 1.19. The Labute approximate surface area is 77.8 Å². The lowest BCUT2D eigenvalue weighted by Crippen LogP contribution is -2.00. The molecule has 1 aromatic carbocycles. The summed E-state index contributed by atoms with van der Waals surface area (Å²) in [6, 6.07) is 8.94. The molecule has 0 aliphatic rings. The van der Waals surface area contributed by atoms with Crippen molar-refractivity contribution in [3.63, 3.8) is 0 Å². The van der Waals surface area contributed by atoms with E-state index in [-0.39, 0.29) is 5.78 Å². The third kappa shape index (κ3) is 2.16. The molecule has 1 rings (SSSR count). The van der Waals surface area contributed by atoms with Gasteiger partial charge in [-0.2, -0.15) is 5.26 Å². The van der Waals surface area contributed by atoms with E-state index in [1.165, 1.54) is 0 Å². The molecule has 0 atom stereocenters. The van der Waals surface area contributed by atoms with Gasteiger partial charge in [-0.05, 0) is 12.5 Å². The Morgan fingerprint density at radius 2 is 2.15 bits per heavy atom. The highest BCUT2D eigenvalue weighted by Gasteiger charge is 2.08. The zero-order valence-electron chi connectivity index (χ0n) is 7.58. The van der Waals surface area contributed by atoms with Crippen LogP contribution in [0.5, 0.6) is 0 Å². The van der Waals surface area contributed by atoms with Crippen molar-refractivity contribution in [2.45, 2.75) is 19.8 Å². The summed E-state index contributed by atoms with van der Waals surface area (Å²) < 4.78 is 0. The third-order valence-corrected chi connectivity index (χ3v) is 1.82. The highest BCUT2D eigenvalue weighted by Crippen LogP contribution is 2.10. The van der Waals surface area contributed by atoms with E-state index in [0.29, 0.717) is 17.5 Å². The number of hydrogen-bond donors (Lipinski definition) is 0. The lowest BCUT2D eigenvalue weighted by atomic mass is 10.0. The molecular formula is C11H11NO. The van der Waals surface area contributed by atoms with Crippen molar-refractivity contribution in [2.75, 3.05) is 0 Å². The normalized spacial score (nSPS) is 9.23. The van der Waals surface area contributed by atoms with Gasteiger partial charge in [0, 0.05) is 12.0 Å². The Morgan fingerprint density at radius 1 is 1.46 bits per heavy atom. The van der Waals surface area contributed by atoms with Crippen LogP contribution in [0.3, 0.4) is 0 Å². The summed E-state index contributed by atoms with van der Waals surface area (Å²) in [5, 5.41) is 8.73. The Hall–Kier alpha value is -1.62. The maximum absolute atomic E-state index is 11.5. The number of benzene rings is 1. The van der Waals surface area contributed by atoms with E-state index in [1.807, 2.05) is 13.0 Å². The first-order valence-electron chi connectivity index (χ1n) is 4.32. The molecule has 0 unspecified atom stereocenters. The molecule has 0 spiro atoms. The van der Waals surface area contributed by atoms with Gasteiger partial charge in [0.2, 0.25) is 0 Å². The fourth-order valence-corrected chi connectivity index (χ4v) is 1.19. The van der Waals surface area contributed by atoms with Gasteiger partial charge < -0.3 is 0 Å². The van der Waals surface area contributed by atoms with Crippen LogP contribution < -0.4 is 0 Å². The van der Waals surface area contributed by atoms with E-state index in [1.54, 1.807) is 24.3 Å². The molecule has 2 nitrogen and oxygen atoms in total. The maximum Gasteiger partial charge on any atom is 0.164 e. The van der Waals surface area contributed by atoms with Crippen LogP contribution in [0.15, 0.2) is 24.3 Å². The fraction of sp³-hybridized carbons (Fsp3) is 0.273. The van der Waals surface area contributed by atoms with Gasteiger partial charge in [-0.1, -0.05) is 25.1 Å². The van der Waals surface area contributed by atoms with Crippen molar-refractivity contribution < 1.29 is 4.79 Å². The smallest absolute Gasteiger partial charge is 0.164 e. The van der Waals surface area contributed by atoms with Gasteiger partial charge in [-0.3, -0.25) is 4.79 Å². The molecule has 0 N–H and O–H groups in total.